The van der Waals surface area contributed by atoms with Crippen molar-refractivity contribution < 1.29 is 4.39 Å². The molecule has 0 fully saturated rings. The van der Waals surface area contributed by atoms with Gasteiger partial charge in [0.15, 0.2) is 0 Å². The van der Waals surface area contributed by atoms with Gasteiger partial charge in [-0.05, 0) is 42.6 Å². The summed E-state index contributed by atoms with van der Waals surface area (Å²) in [4.78, 5) is 22.0. The second kappa shape index (κ2) is 12.3. The largest absolute Gasteiger partial charge is 0.345 e. The molecule has 4 heterocycles. The summed E-state index contributed by atoms with van der Waals surface area (Å²) in [5.41, 5.74) is 7.72. The number of hydrogen-bond acceptors (Lipinski definition) is 5. The van der Waals surface area contributed by atoms with Crippen LogP contribution in [0.15, 0.2) is 61.4 Å². The fourth-order valence-electron chi connectivity index (χ4n) is 2.59. The first-order valence-electron chi connectivity index (χ1n) is 10.2. The maximum atomic E-state index is 13.0. The Labute approximate surface area is 182 Å². The predicted molar refractivity (Wildman–Crippen MR) is 121 cm³/mol. The number of nitrogens with two attached hydrogens (primary N) is 1. The molecule has 0 saturated heterocycles. The van der Waals surface area contributed by atoms with Crippen LogP contribution in [0.25, 0.3) is 22.8 Å². The van der Waals surface area contributed by atoms with E-state index in [0.717, 1.165) is 23.5 Å². The lowest BCUT2D eigenvalue weighted by atomic mass is 10.0. The van der Waals surface area contributed by atoms with E-state index in [0.29, 0.717) is 23.3 Å². The lowest BCUT2D eigenvalue weighted by molar-refractivity contribution is 0.586. The molecule has 0 bridgehead atoms. The molecule has 0 unspecified atom stereocenters. The highest BCUT2D eigenvalue weighted by Gasteiger charge is 2.09. The van der Waals surface area contributed by atoms with Gasteiger partial charge in [-0.3, -0.25) is 4.98 Å². The minimum atomic E-state index is -0.507. The molecule has 0 aliphatic rings. The van der Waals surface area contributed by atoms with E-state index in [2.05, 4.69) is 49.8 Å². The fraction of sp³-hybridized carbons (Fsp3) is 0.304. The van der Waals surface area contributed by atoms with Crippen molar-refractivity contribution in [2.75, 3.05) is 0 Å². The van der Waals surface area contributed by atoms with Crippen LogP contribution in [-0.2, 0) is 6.42 Å². The maximum Gasteiger partial charge on any atom is 0.223 e. The van der Waals surface area contributed by atoms with Crippen molar-refractivity contribution in [3.8, 4) is 22.8 Å². The molecule has 0 amide bonds. The van der Waals surface area contributed by atoms with Gasteiger partial charge < -0.3 is 15.7 Å². The van der Waals surface area contributed by atoms with Crippen LogP contribution >= 0.6 is 0 Å². The fourth-order valence-corrected chi connectivity index (χ4v) is 2.59. The number of imidazole rings is 2. The molecule has 0 atom stereocenters. The molecule has 0 spiro atoms. The number of pyridine rings is 2. The van der Waals surface area contributed by atoms with Gasteiger partial charge in [-0.1, -0.05) is 27.7 Å². The highest BCUT2D eigenvalue weighted by atomic mass is 19.1. The minimum absolute atomic E-state index is 0.333. The average molecular weight is 424 g/mol. The number of nitrogens with one attached hydrogen (secondary N) is 2. The van der Waals surface area contributed by atoms with E-state index in [1.54, 1.807) is 30.7 Å². The summed E-state index contributed by atoms with van der Waals surface area (Å²) in [7, 11) is 0. The highest BCUT2D eigenvalue weighted by molar-refractivity contribution is 5.57. The molecule has 164 valence electrons. The van der Waals surface area contributed by atoms with Crippen molar-refractivity contribution >= 4 is 0 Å². The van der Waals surface area contributed by atoms with Crippen molar-refractivity contribution in [2.24, 2.45) is 11.7 Å². The number of aromatic nitrogens is 6. The van der Waals surface area contributed by atoms with Crippen molar-refractivity contribution in [3.63, 3.8) is 0 Å². The van der Waals surface area contributed by atoms with Gasteiger partial charge in [0.1, 0.15) is 11.6 Å². The lowest BCUT2D eigenvalue weighted by Crippen LogP contribution is -2.06. The third-order valence-corrected chi connectivity index (χ3v) is 3.76. The van der Waals surface area contributed by atoms with Crippen LogP contribution in [0.3, 0.4) is 0 Å². The Kier molecular flexibility index (Phi) is 9.51. The Morgan fingerprint density at radius 3 is 1.81 bits per heavy atom. The molecular weight excluding hydrogens is 393 g/mol. The van der Waals surface area contributed by atoms with Gasteiger partial charge in [0, 0.05) is 42.7 Å². The van der Waals surface area contributed by atoms with Crippen LogP contribution in [0.5, 0.6) is 0 Å². The Bertz CT molecular complexity index is 994. The molecule has 4 N–H and O–H groups in total. The second-order valence-corrected chi connectivity index (χ2v) is 7.56. The third kappa shape index (κ3) is 8.10. The van der Waals surface area contributed by atoms with E-state index in [9.17, 15) is 4.39 Å². The van der Waals surface area contributed by atoms with E-state index in [1.165, 1.54) is 6.20 Å². The SMILES string of the molecule is CC(C)Cc1ncccc1-c1ncc[nH]1.CC(C)N.Fc1ncccc1-c1ncc[nH]1. The molecule has 4 aromatic rings. The average Bonchev–Trinajstić information content (AvgIpc) is 3.43. The highest BCUT2D eigenvalue weighted by Crippen LogP contribution is 2.20. The molecule has 4 rings (SSSR count). The zero-order valence-electron chi connectivity index (χ0n) is 18.4. The normalized spacial score (nSPS) is 10.3. The van der Waals surface area contributed by atoms with Gasteiger partial charge in [-0.15, -0.1) is 0 Å². The van der Waals surface area contributed by atoms with Crippen LogP contribution in [0.4, 0.5) is 4.39 Å². The molecular formula is C23H30FN7. The second-order valence-electron chi connectivity index (χ2n) is 7.56. The predicted octanol–water partition coefficient (Wildman–Crippen LogP) is 4.63. The van der Waals surface area contributed by atoms with E-state index < -0.39 is 5.95 Å². The standard InChI is InChI=1S/C12H15N3.C8H6FN3.C3H9N/c1-9(2)8-11-10(4-3-5-13-11)12-14-6-7-15-12;9-7-6(2-1-3-10-7)8-11-4-5-12-8;1-3(2)4/h3-7,9H,8H2,1-2H3,(H,14,15);1-5H,(H,11,12);3H,4H2,1-2H3. The van der Waals surface area contributed by atoms with Crippen molar-refractivity contribution in [3.05, 3.63) is 73.1 Å². The van der Waals surface area contributed by atoms with Gasteiger partial charge in [-0.2, -0.15) is 4.39 Å². The molecule has 0 aliphatic heterocycles. The molecule has 0 saturated carbocycles. The number of rotatable bonds is 4. The molecule has 31 heavy (non-hydrogen) atoms. The lowest BCUT2D eigenvalue weighted by Gasteiger charge is -2.08. The molecule has 0 aliphatic carbocycles. The summed E-state index contributed by atoms with van der Waals surface area (Å²) in [5, 5.41) is 0. The van der Waals surface area contributed by atoms with Crippen LogP contribution in [-0.4, -0.2) is 35.9 Å². The van der Waals surface area contributed by atoms with E-state index in [-0.39, 0.29) is 0 Å². The topological polar surface area (TPSA) is 109 Å². The molecule has 4 aromatic heterocycles. The summed E-state index contributed by atoms with van der Waals surface area (Å²) < 4.78 is 13.0. The van der Waals surface area contributed by atoms with Crippen LogP contribution in [0, 0.1) is 11.9 Å². The first-order chi connectivity index (χ1) is 14.9. The van der Waals surface area contributed by atoms with E-state index in [4.69, 9.17) is 5.73 Å². The zero-order chi connectivity index (χ0) is 22.6. The monoisotopic (exact) mass is 423 g/mol. The molecule has 0 radical (unpaired) electrons. The maximum absolute atomic E-state index is 13.0. The van der Waals surface area contributed by atoms with Crippen molar-refractivity contribution in [1.82, 2.24) is 29.9 Å². The van der Waals surface area contributed by atoms with Gasteiger partial charge in [-0.25, -0.2) is 15.0 Å². The Morgan fingerprint density at radius 2 is 1.32 bits per heavy atom. The summed E-state index contributed by atoms with van der Waals surface area (Å²) in [6.07, 6.45) is 11.0. The van der Waals surface area contributed by atoms with Crippen LogP contribution in [0.2, 0.25) is 0 Å². The van der Waals surface area contributed by atoms with Crippen molar-refractivity contribution in [1.29, 1.82) is 0 Å². The van der Waals surface area contributed by atoms with Gasteiger partial charge in [0.2, 0.25) is 5.95 Å². The summed E-state index contributed by atoms with van der Waals surface area (Å²) in [5.74, 6) is 1.50. The smallest absolute Gasteiger partial charge is 0.223 e. The van der Waals surface area contributed by atoms with Crippen LogP contribution < -0.4 is 5.73 Å². The first-order valence-corrected chi connectivity index (χ1v) is 10.2. The first kappa shape index (κ1) is 23.9. The molecule has 7 nitrogen and oxygen atoms in total. The van der Waals surface area contributed by atoms with E-state index in [1.807, 2.05) is 32.3 Å². The number of H-pyrrole nitrogens is 2. The Morgan fingerprint density at radius 1 is 0.806 bits per heavy atom. The number of hydrogen-bond donors (Lipinski definition) is 3. The third-order valence-electron chi connectivity index (χ3n) is 3.76. The zero-order valence-corrected chi connectivity index (χ0v) is 18.4. The quantitative estimate of drug-likeness (QED) is 0.415. The Hall–Kier alpha value is -3.39. The number of aromatic amines is 2. The number of nitrogens with zero attached hydrogens (tertiary/aromatic N) is 4. The summed E-state index contributed by atoms with van der Waals surface area (Å²) >= 11 is 0. The van der Waals surface area contributed by atoms with Gasteiger partial charge >= 0.3 is 0 Å². The number of halogens is 1. The van der Waals surface area contributed by atoms with E-state index >= 15 is 0 Å². The van der Waals surface area contributed by atoms with Gasteiger partial charge in [0.25, 0.3) is 0 Å². The molecule has 0 aromatic carbocycles. The summed E-state index contributed by atoms with van der Waals surface area (Å²) in [6.45, 7) is 8.28. The van der Waals surface area contributed by atoms with Crippen molar-refractivity contribution in [2.45, 2.75) is 40.2 Å². The molecule has 8 heteroatoms. The van der Waals surface area contributed by atoms with Crippen LogP contribution in [0.1, 0.15) is 33.4 Å². The Balaban J connectivity index is 0.000000192. The van der Waals surface area contributed by atoms with Gasteiger partial charge in [0.05, 0.1) is 11.3 Å². The minimum Gasteiger partial charge on any atom is -0.345 e. The summed E-state index contributed by atoms with van der Waals surface area (Å²) in [6, 6.07) is 7.63.